The van der Waals surface area contributed by atoms with Gasteiger partial charge in [0, 0.05) is 5.57 Å². The number of allylic oxidation sites excluding steroid dienone is 1. The predicted octanol–water partition coefficient (Wildman–Crippen LogP) is 1.22. The zero-order valence-electron chi connectivity index (χ0n) is 11.3. The molecule has 0 aromatic carbocycles. The van der Waals surface area contributed by atoms with Crippen LogP contribution in [0.4, 0.5) is 0 Å². The number of hydrogen-bond donors (Lipinski definition) is 2. The van der Waals surface area contributed by atoms with Crippen LogP contribution in [0.15, 0.2) is 11.6 Å². The molecule has 0 saturated carbocycles. The SMILES string of the molecule is CC=C(C(=O)ON)C(C)(C)CC.COS(=O)(=O)O. The van der Waals surface area contributed by atoms with Gasteiger partial charge >= 0.3 is 16.4 Å². The fraction of sp³-hybridized carbons (Fsp3) is 0.700. The van der Waals surface area contributed by atoms with Gasteiger partial charge in [-0.3, -0.25) is 8.74 Å². The Morgan fingerprint density at radius 2 is 1.83 bits per heavy atom. The van der Waals surface area contributed by atoms with E-state index in [9.17, 15) is 13.2 Å². The zero-order valence-corrected chi connectivity index (χ0v) is 12.1. The van der Waals surface area contributed by atoms with Crippen LogP contribution in [0.3, 0.4) is 0 Å². The molecule has 0 heterocycles. The molecule has 18 heavy (non-hydrogen) atoms. The highest BCUT2D eigenvalue weighted by atomic mass is 32.3. The van der Waals surface area contributed by atoms with Crippen molar-refractivity contribution in [3.8, 4) is 0 Å². The van der Waals surface area contributed by atoms with Crippen LogP contribution in [0.25, 0.3) is 0 Å². The number of carbonyl (C=O) groups excluding carboxylic acids is 1. The average molecular weight is 283 g/mol. The van der Waals surface area contributed by atoms with Gasteiger partial charge in [0.2, 0.25) is 0 Å². The van der Waals surface area contributed by atoms with Crippen LogP contribution in [0.2, 0.25) is 0 Å². The smallest absolute Gasteiger partial charge is 0.370 e. The Kier molecular flexibility index (Phi) is 8.83. The molecule has 0 aliphatic rings. The van der Waals surface area contributed by atoms with E-state index in [2.05, 4.69) is 9.02 Å². The summed E-state index contributed by atoms with van der Waals surface area (Å²) in [6.45, 7) is 7.80. The highest BCUT2D eigenvalue weighted by Crippen LogP contribution is 2.30. The van der Waals surface area contributed by atoms with E-state index in [0.717, 1.165) is 13.5 Å². The molecule has 0 aliphatic carbocycles. The van der Waals surface area contributed by atoms with Gasteiger partial charge in [-0.15, -0.1) is 0 Å². The number of rotatable bonds is 4. The van der Waals surface area contributed by atoms with E-state index < -0.39 is 16.4 Å². The van der Waals surface area contributed by atoms with Crippen molar-refractivity contribution in [2.45, 2.75) is 34.1 Å². The molecule has 0 fully saturated rings. The topological polar surface area (TPSA) is 116 Å². The van der Waals surface area contributed by atoms with Gasteiger partial charge in [0.05, 0.1) is 7.11 Å². The third-order valence-corrected chi connectivity index (χ3v) is 2.86. The molecular formula is C10H21NO6S. The van der Waals surface area contributed by atoms with E-state index in [-0.39, 0.29) is 5.41 Å². The number of carbonyl (C=O) groups is 1. The minimum atomic E-state index is -4.16. The molecule has 0 aliphatic heterocycles. The minimum absolute atomic E-state index is 0.162. The molecule has 108 valence electrons. The summed E-state index contributed by atoms with van der Waals surface area (Å²) in [5.41, 5.74) is 0.470. The van der Waals surface area contributed by atoms with Crippen molar-refractivity contribution in [3.63, 3.8) is 0 Å². The first-order chi connectivity index (χ1) is 8.05. The zero-order chi connectivity index (χ0) is 15.0. The second-order valence-corrected chi connectivity index (χ2v) is 5.13. The molecule has 7 nitrogen and oxygen atoms in total. The predicted molar refractivity (Wildman–Crippen MR) is 66.7 cm³/mol. The molecule has 0 atom stereocenters. The van der Waals surface area contributed by atoms with Crippen molar-refractivity contribution < 1.29 is 26.8 Å². The van der Waals surface area contributed by atoms with E-state index in [1.54, 1.807) is 6.08 Å². The van der Waals surface area contributed by atoms with Crippen LogP contribution in [-0.2, 0) is 24.2 Å². The monoisotopic (exact) mass is 283 g/mol. The normalized spacial score (nSPS) is 12.5. The molecule has 0 unspecified atom stereocenters. The summed E-state index contributed by atoms with van der Waals surface area (Å²) in [5.74, 6) is 4.37. The molecular weight excluding hydrogens is 262 g/mol. The quantitative estimate of drug-likeness (QED) is 0.452. The first-order valence-electron chi connectivity index (χ1n) is 5.16. The summed E-state index contributed by atoms with van der Waals surface area (Å²) in [4.78, 5) is 15.3. The summed E-state index contributed by atoms with van der Waals surface area (Å²) >= 11 is 0. The summed E-state index contributed by atoms with van der Waals surface area (Å²) in [5, 5.41) is 0. The van der Waals surface area contributed by atoms with E-state index in [1.165, 1.54) is 0 Å². The van der Waals surface area contributed by atoms with Gasteiger partial charge in [-0.1, -0.05) is 26.8 Å². The van der Waals surface area contributed by atoms with Crippen LogP contribution in [0.5, 0.6) is 0 Å². The molecule has 8 heteroatoms. The van der Waals surface area contributed by atoms with Gasteiger partial charge in [0.1, 0.15) is 0 Å². The van der Waals surface area contributed by atoms with Crippen LogP contribution >= 0.6 is 0 Å². The van der Waals surface area contributed by atoms with Crippen LogP contribution in [0, 0.1) is 5.41 Å². The maximum atomic E-state index is 11.1. The number of nitrogens with two attached hydrogens (primary N) is 1. The Bertz CT molecular complexity index is 385. The molecule has 0 saturated heterocycles. The van der Waals surface area contributed by atoms with Crippen molar-refractivity contribution in [2.75, 3.05) is 7.11 Å². The standard InChI is InChI=1S/C9H17NO2.CH4O4S/c1-5-7(8(11)12-10)9(3,4)6-2;1-5-6(2,3)4/h5H,6,10H2,1-4H3;1H3,(H,2,3,4). The Morgan fingerprint density at radius 3 is 2.00 bits per heavy atom. The van der Waals surface area contributed by atoms with Crippen LogP contribution in [0.1, 0.15) is 34.1 Å². The largest absolute Gasteiger partial charge is 0.397 e. The molecule has 0 bridgehead atoms. The highest BCUT2D eigenvalue weighted by molar-refractivity contribution is 7.80. The summed E-state index contributed by atoms with van der Waals surface area (Å²) in [6, 6.07) is 0. The van der Waals surface area contributed by atoms with Crippen molar-refractivity contribution in [1.29, 1.82) is 0 Å². The highest BCUT2D eigenvalue weighted by Gasteiger charge is 2.26. The van der Waals surface area contributed by atoms with Crippen molar-refractivity contribution >= 4 is 16.4 Å². The van der Waals surface area contributed by atoms with Crippen molar-refractivity contribution in [1.82, 2.24) is 0 Å². The van der Waals surface area contributed by atoms with E-state index in [0.29, 0.717) is 5.57 Å². The molecule has 0 radical (unpaired) electrons. The van der Waals surface area contributed by atoms with Crippen LogP contribution in [-0.4, -0.2) is 26.0 Å². The van der Waals surface area contributed by atoms with E-state index in [4.69, 9.17) is 10.4 Å². The summed E-state index contributed by atoms with van der Waals surface area (Å²) in [6.07, 6.45) is 2.63. The van der Waals surface area contributed by atoms with Gasteiger partial charge in [0.25, 0.3) is 0 Å². The maximum Gasteiger partial charge on any atom is 0.397 e. The van der Waals surface area contributed by atoms with Gasteiger partial charge in [0.15, 0.2) is 0 Å². The molecule has 0 aromatic heterocycles. The minimum Gasteiger partial charge on any atom is -0.370 e. The third kappa shape index (κ3) is 8.18. The third-order valence-electron chi connectivity index (χ3n) is 2.44. The average Bonchev–Trinajstić information content (AvgIpc) is 2.29. The fourth-order valence-corrected chi connectivity index (χ4v) is 1.04. The lowest BCUT2D eigenvalue weighted by atomic mass is 9.81. The van der Waals surface area contributed by atoms with E-state index >= 15 is 0 Å². The molecule has 0 rings (SSSR count). The Balaban J connectivity index is 0. The lowest BCUT2D eigenvalue weighted by Gasteiger charge is -2.23. The number of hydrogen-bond acceptors (Lipinski definition) is 6. The first-order valence-corrected chi connectivity index (χ1v) is 6.53. The molecule has 3 N–H and O–H groups in total. The summed E-state index contributed by atoms with van der Waals surface area (Å²) < 4.78 is 29.7. The van der Waals surface area contributed by atoms with Crippen LogP contribution < -0.4 is 5.90 Å². The Morgan fingerprint density at radius 1 is 1.44 bits per heavy atom. The second kappa shape index (κ2) is 8.20. The van der Waals surface area contributed by atoms with E-state index in [1.807, 2.05) is 27.7 Å². The second-order valence-electron chi connectivity index (χ2n) is 3.94. The fourth-order valence-electron chi connectivity index (χ4n) is 1.04. The molecule has 0 spiro atoms. The lowest BCUT2D eigenvalue weighted by Crippen LogP contribution is -2.24. The Hall–Kier alpha value is -0.960. The van der Waals surface area contributed by atoms with Gasteiger partial charge in [-0.25, -0.2) is 4.79 Å². The van der Waals surface area contributed by atoms with Crippen molar-refractivity contribution in [2.24, 2.45) is 11.3 Å². The first kappa shape index (κ1) is 19.4. The molecule has 0 amide bonds. The summed E-state index contributed by atoms with van der Waals surface area (Å²) in [7, 11) is -3.29. The Labute approximate surface area is 108 Å². The van der Waals surface area contributed by atoms with Crippen molar-refractivity contribution in [3.05, 3.63) is 11.6 Å². The van der Waals surface area contributed by atoms with Gasteiger partial charge in [-0.2, -0.15) is 14.3 Å². The van der Waals surface area contributed by atoms with Gasteiger partial charge in [-0.05, 0) is 18.8 Å². The molecule has 0 aromatic rings. The maximum absolute atomic E-state index is 11.1. The lowest BCUT2D eigenvalue weighted by molar-refractivity contribution is -0.140. The van der Waals surface area contributed by atoms with Gasteiger partial charge < -0.3 is 4.84 Å².